The van der Waals surface area contributed by atoms with Crippen LogP contribution >= 0.6 is 0 Å². The third-order valence-electron chi connectivity index (χ3n) is 7.73. The fraction of sp³-hybridized carbons (Fsp3) is 0.105. The number of aromatic nitrogens is 2. The molecule has 7 nitrogen and oxygen atoms in total. The van der Waals surface area contributed by atoms with E-state index in [1.807, 2.05) is 128 Å². The van der Waals surface area contributed by atoms with Gasteiger partial charge in [-0.2, -0.15) is 10.4 Å². The molecule has 0 spiro atoms. The molecule has 0 N–H and O–H groups in total. The van der Waals surface area contributed by atoms with Gasteiger partial charge in [-0.1, -0.05) is 78.4 Å². The van der Waals surface area contributed by atoms with Crippen molar-refractivity contribution in [1.82, 2.24) is 14.7 Å². The van der Waals surface area contributed by atoms with Crippen LogP contribution in [0.25, 0.3) is 23.0 Å². The Kier molecular flexibility index (Phi) is 8.21. The molecular weight excluding hydrogens is 560 g/mol. The molecule has 7 heteroatoms. The number of aryl methyl sites for hydroxylation is 1. The molecule has 0 unspecified atom stereocenters. The van der Waals surface area contributed by atoms with E-state index in [1.165, 1.54) is 0 Å². The Morgan fingerprint density at radius 3 is 2.13 bits per heavy atom. The zero-order valence-corrected chi connectivity index (χ0v) is 25.0. The van der Waals surface area contributed by atoms with E-state index in [2.05, 4.69) is 0 Å². The van der Waals surface area contributed by atoms with E-state index in [4.69, 9.17) is 9.84 Å². The number of carbonyl (C=O) groups excluding carboxylic acids is 2. The van der Waals surface area contributed by atoms with Crippen LogP contribution in [-0.4, -0.2) is 26.5 Å². The van der Waals surface area contributed by atoms with Crippen LogP contribution in [0, 0.1) is 18.3 Å². The second kappa shape index (κ2) is 12.7. The quantitative estimate of drug-likeness (QED) is 0.141. The molecule has 6 rings (SSSR count). The molecule has 0 bridgehead atoms. The van der Waals surface area contributed by atoms with Crippen molar-refractivity contribution in [3.63, 3.8) is 0 Å². The monoisotopic (exact) mass is 590 g/mol. The van der Waals surface area contributed by atoms with Gasteiger partial charge < -0.3 is 4.74 Å². The first-order valence-corrected chi connectivity index (χ1v) is 14.6. The van der Waals surface area contributed by atoms with Crippen molar-refractivity contribution in [1.29, 1.82) is 5.26 Å². The number of carbonyl (C=O) groups is 2. The number of para-hydroxylation sites is 1. The summed E-state index contributed by atoms with van der Waals surface area (Å²) in [5.41, 5.74) is 6.49. The summed E-state index contributed by atoms with van der Waals surface area (Å²) in [6.45, 7) is 4.13. The maximum atomic E-state index is 13.9. The maximum absolute atomic E-state index is 13.9. The Morgan fingerprint density at radius 1 is 0.800 bits per heavy atom. The summed E-state index contributed by atoms with van der Waals surface area (Å²) in [5.74, 6) is -0.334. The highest BCUT2D eigenvalue weighted by Gasteiger charge is 2.35. The molecular formula is C38H30N4O3. The molecule has 1 aliphatic rings. The summed E-state index contributed by atoms with van der Waals surface area (Å²) >= 11 is 0. The largest absolute Gasteiger partial charge is 0.489 e. The highest BCUT2D eigenvalue weighted by atomic mass is 16.5. The Morgan fingerprint density at radius 2 is 1.47 bits per heavy atom. The molecule has 45 heavy (non-hydrogen) atoms. The van der Waals surface area contributed by atoms with Gasteiger partial charge in [-0.05, 0) is 73.0 Å². The van der Waals surface area contributed by atoms with E-state index in [1.54, 1.807) is 17.7 Å². The molecule has 0 saturated carbocycles. The molecule has 1 aromatic heterocycles. The van der Waals surface area contributed by atoms with Gasteiger partial charge in [0.05, 0.1) is 17.9 Å². The van der Waals surface area contributed by atoms with Crippen LogP contribution in [0.3, 0.4) is 0 Å². The summed E-state index contributed by atoms with van der Waals surface area (Å²) in [7, 11) is 0. The first-order valence-electron chi connectivity index (χ1n) is 14.6. The molecule has 0 atom stereocenters. The fourth-order valence-corrected chi connectivity index (χ4v) is 5.19. The summed E-state index contributed by atoms with van der Waals surface area (Å²) in [4.78, 5) is 28.3. The Balaban J connectivity index is 1.38. The van der Waals surface area contributed by atoms with Crippen molar-refractivity contribution in [2.24, 2.45) is 0 Å². The van der Waals surface area contributed by atoms with Gasteiger partial charge >= 0.3 is 0 Å². The number of nitrogens with zero attached hydrogens (tertiary/aromatic N) is 4. The van der Waals surface area contributed by atoms with Gasteiger partial charge in [0.15, 0.2) is 0 Å². The highest BCUT2D eigenvalue weighted by Crippen LogP contribution is 2.32. The van der Waals surface area contributed by atoms with Crippen molar-refractivity contribution < 1.29 is 14.3 Å². The zero-order chi connectivity index (χ0) is 31.3. The normalized spacial score (nSPS) is 14.2. The van der Waals surface area contributed by atoms with Gasteiger partial charge in [0, 0.05) is 22.9 Å². The molecule has 4 aromatic carbocycles. The van der Waals surface area contributed by atoms with Crippen molar-refractivity contribution >= 4 is 17.9 Å². The second-order valence-electron chi connectivity index (χ2n) is 10.9. The Labute approximate surface area is 261 Å². The average Bonchev–Trinajstić information content (AvgIpc) is 3.50. The number of hydrogen-bond acceptors (Lipinski definition) is 5. The molecule has 0 fully saturated rings. The van der Waals surface area contributed by atoms with Gasteiger partial charge in [0.1, 0.15) is 24.0 Å². The lowest BCUT2D eigenvalue weighted by atomic mass is 9.93. The van der Waals surface area contributed by atoms with E-state index in [0.717, 1.165) is 38.6 Å². The first kappa shape index (κ1) is 29.1. The fourth-order valence-electron chi connectivity index (χ4n) is 5.19. The molecule has 5 aromatic rings. The van der Waals surface area contributed by atoms with E-state index < -0.39 is 11.8 Å². The van der Waals surface area contributed by atoms with Gasteiger partial charge in [-0.25, -0.2) is 4.68 Å². The number of nitriles is 1. The minimum absolute atomic E-state index is 0.0510. The van der Waals surface area contributed by atoms with Crippen molar-refractivity contribution in [3.05, 3.63) is 154 Å². The molecule has 2 amide bonds. The summed E-state index contributed by atoms with van der Waals surface area (Å²) in [6.07, 6.45) is 3.58. The van der Waals surface area contributed by atoms with E-state index in [0.29, 0.717) is 23.4 Å². The summed E-state index contributed by atoms with van der Waals surface area (Å²) in [6, 6.07) is 36.9. The topological polar surface area (TPSA) is 88.2 Å². The van der Waals surface area contributed by atoms with Crippen molar-refractivity contribution in [3.8, 4) is 28.8 Å². The van der Waals surface area contributed by atoms with E-state index in [9.17, 15) is 14.9 Å². The third-order valence-corrected chi connectivity index (χ3v) is 7.73. The van der Waals surface area contributed by atoms with Crippen LogP contribution in [0.5, 0.6) is 5.75 Å². The number of imide groups is 1. The molecule has 0 aliphatic carbocycles. The average molecular weight is 591 g/mol. The lowest BCUT2D eigenvalue weighted by Gasteiger charge is -2.27. The second-order valence-corrected chi connectivity index (χ2v) is 10.9. The number of hydrogen-bond donors (Lipinski definition) is 0. The molecule has 0 radical (unpaired) electrons. The standard InChI is InChI=1S/C38H30N4O3/c1-26-13-15-28(16-14-26)23-41-37(43)34(27(2)35(22-39)38(41)44)21-31-24-42(32-11-7-4-8-12-32)40-36(31)30-17-19-33(20-18-30)45-25-29-9-5-3-6-10-29/h3-21,24H,23,25H2,1-2H3/b34-21+. The number of amides is 2. The first-order chi connectivity index (χ1) is 21.9. The van der Waals surface area contributed by atoms with Crippen LogP contribution in [0.15, 0.2) is 132 Å². The third kappa shape index (κ3) is 6.22. The van der Waals surface area contributed by atoms with Gasteiger partial charge in [0.25, 0.3) is 11.8 Å². The smallest absolute Gasteiger partial charge is 0.271 e. The SMILES string of the molecule is CC1=C(C#N)C(=O)N(Cc2ccc(C)cc2)C(=O)/C1=C/c1cn(-c2ccccc2)nc1-c1ccc(OCc2ccccc2)cc1. The minimum atomic E-state index is -0.593. The Hall–Kier alpha value is -6.00. The van der Waals surface area contributed by atoms with Crippen LogP contribution in [0.4, 0.5) is 0 Å². The zero-order valence-electron chi connectivity index (χ0n) is 25.0. The van der Waals surface area contributed by atoms with E-state index in [-0.39, 0.29) is 17.7 Å². The van der Waals surface area contributed by atoms with Gasteiger partial charge in [-0.15, -0.1) is 0 Å². The van der Waals surface area contributed by atoms with Crippen LogP contribution in [0.2, 0.25) is 0 Å². The van der Waals surface area contributed by atoms with Crippen molar-refractivity contribution in [2.45, 2.75) is 27.0 Å². The lowest BCUT2D eigenvalue weighted by Crippen LogP contribution is -2.42. The van der Waals surface area contributed by atoms with Gasteiger partial charge in [-0.3, -0.25) is 14.5 Å². The summed E-state index contributed by atoms with van der Waals surface area (Å²) < 4.78 is 7.74. The number of benzene rings is 4. The summed E-state index contributed by atoms with van der Waals surface area (Å²) in [5, 5.41) is 14.8. The van der Waals surface area contributed by atoms with Crippen LogP contribution in [0.1, 0.15) is 29.2 Å². The molecule has 2 heterocycles. The van der Waals surface area contributed by atoms with E-state index >= 15 is 0 Å². The Bertz CT molecular complexity index is 1970. The van der Waals surface area contributed by atoms with Crippen molar-refractivity contribution in [2.75, 3.05) is 0 Å². The lowest BCUT2D eigenvalue weighted by molar-refractivity contribution is -0.141. The predicted molar refractivity (Wildman–Crippen MR) is 173 cm³/mol. The van der Waals surface area contributed by atoms with Crippen LogP contribution in [-0.2, 0) is 22.7 Å². The molecule has 0 saturated heterocycles. The predicted octanol–water partition coefficient (Wildman–Crippen LogP) is 7.22. The molecule has 220 valence electrons. The molecule has 1 aliphatic heterocycles. The van der Waals surface area contributed by atoms with Crippen LogP contribution < -0.4 is 4.74 Å². The number of ether oxygens (including phenoxy) is 1. The number of rotatable bonds is 8. The van der Waals surface area contributed by atoms with Gasteiger partial charge in [0.2, 0.25) is 0 Å². The maximum Gasteiger partial charge on any atom is 0.271 e. The highest BCUT2D eigenvalue weighted by molar-refractivity contribution is 6.19. The minimum Gasteiger partial charge on any atom is -0.489 e.